The minimum atomic E-state index is -1.11. The predicted octanol–water partition coefficient (Wildman–Crippen LogP) is 4.38. The average molecular weight is 274 g/mol. The van der Waals surface area contributed by atoms with Gasteiger partial charge in [0, 0.05) is 11.6 Å². The van der Waals surface area contributed by atoms with Crippen molar-refractivity contribution in [1.82, 2.24) is 0 Å². The van der Waals surface area contributed by atoms with Crippen LogP contribution in [0.3, 0.4) is 0 Å². The van der Waals surface area contributed by atoms with Crippen molar-refractivity contribution in [3.63, 3.8) is 0 Å². The van der Waals surface area contributed by atoms with Crippen molar-refractivity contribution in [3.8, 4) is 11.7 Å². The molecule has 0 saturated carbocycles. The number of carboxylic acids is 1. The van der Waals surface area contributed by atoms with Crippen molar-refractivity contribution in [1.29, 1.82) is 0 Å². The van der Waals surface area contributed by atoms with Crippen LogP contribution in [-0.4, -0.2) is 11.1 Å². The van der Waals surface area contributed by atoms with Gasteiger partial charge in [-0.15, -0.1) is 0 Å². The molecular formula is C16H18O4. The van der Waals surface area contributed by atoms with Crippen LogP contribution in [0, 0.1) is 6.92 Å². The SMILES string of the molecule is Cc1ccc(Oc2ccc(C(=O)O)o2)c(C(C)(C)C)c1. The Morgan fingerprint density at radius 1 is 1.20 bits per heavy atom. The third-order valence-corrected chi connectivity index (χ3v) is 2.95. The Hall–Kier alpha value is -2.23. The lowest BCUT2D eigenvalue weighted by molar-refractivity contribution is 0.0657. The zero-order valence-corrected chi connectivity index (χ0v) is 12.1. The average Bonchev–Trinajstić information content (AvgIpc) is 2.79. The minimum Gasteiger partial charge on any atom is -0.475 e. The van der Waals surface area contributed by atoms with E-state index in [2.05, 4.69) is 26.8 Å². The van der Waals surface area contributed by atoms with E-state index in [0.29, 0.717) is 5.75 Å². The second kappa shape index (κ2) is 5.04. The third-order valence-electron chi connectivity index (χ3n) is 2.95. The van der Waals surface area contributed by atoms with E-state index in [-0.39, 0.29) is 17.1 Å². The lowest BCUT2D eigenvalue weighted by Crippen LogP contribution is -2.12. The largest absolute Gasteiger partial charge is 0.475 e. The van der Waals surface area contributed by atoms with Gasteiger partial charge in [-0.3, -0.25) is 0 Å². The maximum absolute atomic E-state index is 10.8. The molecule has 0 saturated heterocycles. The number of hydrogen-bond donors (Lipinski definition) is 1. The normalized spacial score (nSPS) is 11.4. The van der Waals surface area contributed by atoms with Gasteiger partial charge in [0.25, 0.3) is 5.95 Å². The number of hydrogen-bond acceptors (Lipinski definition) is 3. The first-order valence-electron chi connectivity index (χ1n) is 6.39. The number of rotatable bonds is 3. The zero-order chi connectivity index (χ0) is 14.9. The molecule has 4 nitrogen and oxygen atoms in total. The first kappa shape index (κ1) is 14.2. The smallest absolute Gasteiger partial charge is 0.371 e. The first-order chi connectivity index (χ1) is 9.27. The molecule has 0 aliphatic rings. The Labute approximate surface area is 118 Å². The van der Waals surface area contributed by atoms with Crippen molar-refractivity contribution in [2.24, 2.45) is 0 Å². The molecule has 0 radical (unpaired) electrons. The van der Waals surface area contributed by atoms with Crippen molar-refractivity contribution >= 4 is 5.97 Å². The summed E-state index contributed by atoms with van der Waals surface area (Å²) in [6, 6.07) is 8.78. The predicted molar refractivity (Wildman–Crippen MR) is 75.6 cm³/mol. The van der Waals surface area contributed by atoms with Crippen LogP contribution in [-0.2, 0) is 5.41 Å². The molecule has 0 aliphatic heterocycles. The van der Waals surface area contributed by atoms with Crippen LogP contribution in [0.4, 0.5) is 0 Å². The Bertz CT molecular complexity index is 632. The van der Waals surface area contributed by atoms with Crippen molar-refractivity contribution in [2.75, 3.05) is 0 Å². The molecule has 4 heteroatoms. The molecule has 2 rings (SSSR count). The summed E-state index contributed by atoms with van der Waals surface area (Å²) in [7, 11) is 0. The van der Waals surface area contributed by atoms with Crippen LogP contribution >= 0.6 is 0 Å². The molecule has 0 bridgehead atoms. The van der Waals surface area contributed by atoms with Gasteiger partial charge in [-0.05, 0) is 24.5 Å². The fourth-order valence-corrected chi connectivity index (χ4v) is 1.92. The number of ether oxygens (including phenoxy) is 1. The lowest BCUT2D eigenvalue weighted by Gasteiger charge is -2.22. The molecule has 20 heavy (non-hydrogen) atoms. The van der Waals surface area contributed by atoms with Gasteiger partial charge in [0.05, 0.1) is 0 Å². The van der Waals surface area contributed by atoms with Gasteiger partial charge in [-0.1, -0.05) is 38.5 Å². The molecule has 1 N–H and O–H groups in total. The molecule has 2 aromatic rings. The number of carboxylic acid groups (broad SMARTS) is 1. The highest BCUT2D eigenvalue weighted by molar-refractivity contribution is 5.84. The Kier molecular flexibility index (Phi) is 3.57. The molecular weight excluding hydrogens is 256 g/mol. The second-order valence-corrected chi connectivity index (χ2v) is 5.78. The highest BCUT2D eigenvalue weighted by Crippen LogP contribution is 2.35. The molecule has 1 aromatic heterocycles. The van der Waals surface area contributed by atoms with E-state index in [9.17, 15) is 4.79 Å². The molecule has 1 heterocycles. The Balaban J connectivity index is 2.35. The summed E-state index contributed by atoms with van der Waals surface area (Å²) in [4.78, 5) is 10.8. The van der Waals surface area contributed by atoms with E-state index in [0.717, 1.165) is 11.1 Å². The molecule has 0 fully saturated rings. The Morgan fingerprint density at radius 2 is 1.90 bits per heavy atom. The highest BCUT2D eigenvalue weighted by Gasteiger charge is 2.20. The monoisotopic (exact) mass is 274 g/mol. The van der Waals surface area contributed by atoms with E-state index < -0.39 is 5.97 Å². The van der Waals surface area contributed by atoms with Crippen molar-refractivity contribution in [2.45, 2.75) is 33.1 Å². The van der Waals surface area contributed by atoms with Crippen molar-refractivity contribution < 1.29 is 19.1 Å². The summed E-state index contributed by atoms with van der Waals surface area (Å²) in [5, 5.41) is 8.84. The van der Waals surface area contributed by atoms with Crippen molar-refractivity contribution in [3.05, 3.63) is 47.2 Å². The van der Waals surface area contributed by atoms with Gasteiger partial charge in [-0.2, -0.15) is 0 Å². The van der Waals surface area contributed by atoms with Gasteiger partial charge in [0.15, 0.2) is 0 Å². The molecule has 0 spiro atoms. The molecule has 106 valence electrons. The number of furan rings is 1. The van der Waals surface area contributed by atoms with Crippen LogP contribution in [0.15, 0.2) is 34.7 Å². The van der Waals surface area contributed by atoms with Crippen LogP contribution in [0.1, 0.15) is 42.5 Å². The van der Waals surface area contributed by atoms with E-state index in [4.69, 9.17) is 14.3 Å². The number of benzene rings is 1. The van der Waals surface area contributed by atoms with Gasteiger partial charge in [-0.25, -0.2) is 4.79 Å². The summed E-state index contributed by atoms with van der Waals surface area (Å²) in [6.45, 7) is 8.31. The molecule has 0 aliphatic carbocycles. The maximum Gasteiger partial charge on any atom is 0.371 e. The second-order valence-electron chi connectivity index (χ2n) is 5.78. The first-order valence-corrected chi connectivity index (χ1v) is 6.39. The summed E-state index contributed by atoms with van der Waals surface area (Å²) < 4.78 is 10.8. The summed E-state index contributed by atoms with van der Waals surface area (Å²) >= 11 is 0. The summed E-state index contributed by atoms with van der Waals surface area (Å²) in [5.41, 5.74) is 2.11. The molecule has 0 unspecified atom stereocenters. The third kappa shape index (κ3) is 3.02. The molecule has 0 atom stereocenters. The van der Waals surface area contributed by atoms with Crippen LogP contribution in [0.2, 0.25) is 0 Å². The van der Waals surface area contributed by atoms with E-state index in [1.165, 1.54) is 12.1 Å². The van der Waals surface area contributed by atoms with Gasteiger partial charge in [0.1, 0.15) is 5.75 Å². The topological polar surface area (TPSA) is 59.7 Å². The van der Waals surface area contributed by atoms with Gasteiger partial charge < -0.3 is 14.3 Å². The standard InChI is InChI=1S/C16H18O4/c1-10-5-6-12(11(9-10)16(2,3)4)19-14-8-7-13(20-14)15(17)18/h5-9H,1-4H3,(H,17,18). The molecule has 0 amide bonds. The lowest BCUT2D eigenvalue weighted by atomic mass is 9.85. The quantitative estimate of drug-likeness (QED) is 0.902. The number of aromatic carboxylic acids is 1. The summed E-state index contributed by atoms with van der Waals surface area (Å²) in [5.74, 6) is -0.393. The van der Waals surface area contributed by atoms with E-state index in [1.54, 1.807) is 0 Å². The van der Waals surface area contributed by atoms with Crippen LogP contribution in [0.5, 0.6) is 11.7 Å². The van der Waals surface area contributed by atoms with Gasteiger partial charge >= 0.3 is 5.97 Å². The maximum atomic E-state index is 10.8. The van der Waals surface area contributed by atoms with Gasteiger partial charge in [0.2, 0.25) is 5.76 Å². The Morgan fingerprint density at radius 3 is 2.45 bits per heavy atom. The summed E-state index contributed by atoms with van der Waals surface area (Å²) in [6.07, 6.45) is 0. The number of carbonyl (C=O) groups is 1. The minimum absolute atomic E-state index is 0.0798. The van der Waals surface area contributed by atoms with E-state index >= 15 is 0 Å². The van der Waals surface area contributed by atoms with Crippen LogP contribution < -0.4 is 4.74 Å². The molecule has 1 aromatic carbocycles. The van der Waals surface area contributed by atoms with Crippen LogP contribution in [0.25, 0.3) is 0 Å². The highest BCUT2D eigenvalue weighted by atomic mass is 16.6. The number of aryl methyl sites for hydroxylation is 1. The van der Waals surface area contributed by atoms with E-state index in [1.807, 2.05) is 19.1 Å². The fraction of sp³-hybridized carbons (Fsp3) is 0.312. The zero-order valence-electron chi connectivity index (χ0n) is 12.1. The fourth-order valence-electron chi connectivity index (χ4n) is 1.92.